The monoisotopic (exact) mass is 384 g/mol. The zero-order chi connectivity index (χ0) is 20.7. The third-order valence-corrected chi connectivity index (χ3v) is 4.72. The fourth-order valence-electron chi connectivity index (χ4n) is 3.02. The van der Waals surface area contributed by atoms with Crippen LogP contribution in [0.15, 0.2) is 36.4 Å². The highest BCUT2D eigenvalue weighted by atomic mass is 16.5. The van der Waals surface area contributed by atoms with Crippen LogP contribution in [-0.2, 0) is 16.0 Å². The summed E-state index contributed by atoms with van der Waals surface area (Å²) in [4.78, 5) is 26.1. The van der Waals surface area contributed by atoms with Crippen molar-refractivity contribution in [3.63, 3.8) is 0 Å². The average molecular weight is 384 g/mol. The van der Waals surface area contributed by atoms with Crippen molar-refractivity contribution in [1.29, 1.82) is 0 Å². The Morgan fingerprint density at radius 3 is 2.39 bits per heavy atom. The fourth-order valence-corrected chi connectivity index (χ4v) is 3.02. The number of nitrogens with zero attached hydrogens (tertiary/aromatic N) is 1. The number of hydrogen-bond acceptors (Lipinski definition) is 4. The van der Waals surface area contributed by atoms with Gasteiger partial charge in [-0.25, -0.2) is 0 Å². The number of aryl methyl sites for hydroxylation is 1. The molecule has 6 heteroatoms. The van der Waals surface area contributed by atoms with Crippen LogP contribution < -0.4 is 19.7 Å². The molecule has 0 radical (unpaired) electrons. The normalized spacial score (nSPS) is 10.3. The molecule has 0 heterocycles. The van der Waals surface area contributed by atoms with Crippen molar-refractivity contribution >= 4 is 17.5 Å². The molecule has 28 heavy (non-hydrogen) atoms. The summed E-state index contributed by atoms with van der Waals surface area (Å²) in [6.07, 6.45) is 0.226. The second-order valence-corrected chi connectivity index (χ2v) is 6.61. The SMILES string of the molecule is COc1ccc(CC(=O)NCCN(C(C)=O)c2cccc(C)c2C)cc1OC. The fraction of sp³-hybridized carbons (Fsp3) is 0.364. The first-order valence-corrected chi connectivity index (χ1v) is 9.19. The molecule has 0 aromatic heterocycles. The standard InChI is InChI=1S/C22H28N2O4/c1-15-7-6-8-19(16(15)2)24(17(3)25)12-11-23-22(26)14-18-9-10-20(27-4)21(13-18)28-5/h6-10,13H,11-12,14H2,1-5H3,(H,23,26). The average Bonchev–Trinajstić information content (AvgIpc) is 2.67. The summed E-state index contributed by atoms with van der Waals surface area (Å²) >= 11 is 0. The summed E-state index contributed by atoms with van der Waals surface area (Å²) in [7, 11) is 3.13. The number of ether oxygens (including phenoxy) is 2. The predicted molar refractivity (Wildman–Crippen MR) is 110 cm³/mol. The number of hydrogen-bond donors (Lipinski definition) is 1. The van der Waals surface area contributed by atoms with Gasteiger partial charge in [0.15, 0.2) is 11.5 Å². The molecule has 0 aliphatic rings. The molecule has 0 unspecified atom stereocenters. The molecule has 0 aliphatic heterocycles. The molecule has 0 saturated heterocycles. The Morgan fingerprint density at radius 1 is 1.04 bits per heavy atom. The van der Waals surface area contributed by atoms with Crippen molar-refractivity contribution in [1.82, 2.24) is 5.32 Å². The summed E-state index contributed by atoms with van der Waals surface area (Å²) in [5.41, 5.74) is 3.89. The number of carbonyl (C=O) groups is 2. The van der Waals surface area contributed by atoms with E-state index in [1.54, 1.807) is 31.3 Å². The largest absolute Gasteiger partial charge is 0.493 e. The molecule has 1 N–H and O–H groups in total. The quantitative estimate of drug-likeness (QED) is 0.760. The van der Waals surface area contributed by atoms with E-state index in [9.17, 15) is 9.59 Å². The molecule has 2 aromatic carbocycles. The summed E-state index contributed by atoms with van der Waals surface area (Å²) in [6, 6.07) is 11.3. The van der Waals surface area contributed by atoms with Crippen LogP contribution in [0.3, 0.4) is 0 Å². The number of anilines is 1. The van der Waals surface area contributed by atoms with E-state index in [1.807, 2.05) is 38.1 Å². The highest BCUT2D eigenvalue weighted by molar-refractivity contribution is 5.92. The highest BCUT2D eigenvalue weighted by Crippen LogP contribution is 2.27. The van der Waals surface area contributed by atoms with Crippen molar-refractivity contribution in [3.05, 3.63) is 53.1 Å². The van der Waals surface area contributed by atoms with E-state index in [4.69, 9.17) is 9.47 Å². The highest BCUT2D eigenvalue weighted by Gasteiger charge is 2.15. The van der Waals surface area contributed by atoms with Gasteiger partial charge in [0.05, 0.1) is 20.6 Å². The molecule has 2 rings (SSSR count). The van der Waals surface area contributed by atoms with E-state index in [-0.39, 0.29) is 18.2 Å². The second-order valence-electron chi connectivity index (χ2n) is 6.61. The minimum atomic E-state index is -0.114. The van der Waals surface area contributed by atoms with Gasteiger partial charge in [0.2, 0.25) is 11.8 Å². The molecule has 150 valence electrons. The number of carbonyl (C=O) groups excluding carboxylic acids is 2. The lowest BCUT2D eigenvalue weighted by Crippen LogP contribution is -2.38. The Hall–Kier alpha value is -3.02. The number of methoxy groups -OCH3 is 2. The van der Waals surface area contributed by atoms with Gasteiger partial charge in [-0.3, -0.25) is 9.59 Å². The molecule has 0 fully saturated rings. The summed E-state index contributed by atoms with van der Waals surface area (Å²) in [5.74, 6) is 1.04. The van der Waals surface area contributed by atoms with Gasteiger partial charge in [0, 0.05) is 25.7 Å². The third kappa shape index (κ3) is 5.25. The van der Waals surface area contributed by atoms with Gasteiger partial charge in [-0.05, 0) is 48.7 Å². The van der Waals surface area contributed by atoms with E-state index in [1.165, 1.54) is 6.92 Å². The molecule has 0 saturated carbocycles. The maximum absolute atomic E-state index is 12.3. The first-order chi connectivity index (χ1) is 13.4. The molecule has 6 nitrogen and oxygen atoms in total. The Bertz CT molecular complexity index is 848. The van der Waals surface area contributed by atoms with Gasteiger partial charge in [0.1, 0.15) is 0 Å². The van der Waals surface area contributed by atoms with E-state index >= 15 is 0 Å². The van der Waals surface area contributed by atoms with Crippen LogP contribution in [0.25, 0.3) is 0 Å². The number of benzene rings is 2. The minimum Gasteiger partial charge on any atom is -0.493 e. The minimum absolute atomic E-state index is 0.0529. The van der Waals surface area contributed by atoms with Gasteiger partial charge >= 0.3 is 0 Å². The third-order valence-electron chi connectivity index (χ3n) is 4.72. The van der Waals surface area contributed by atoms with Crippen LogP contribution in [0.2, 0.25) is 0 Å². The lowest BCUT2D eigenvalue weighted by molar-refractivity contribution is -0.121. The molecule has 2 amide bonds. The number of amides is 2. The van der Waals surface area contributed by atoms with Crippen LogP contribution in [0.4, 0.5) is 5.69 Å². The van der Waals surface area contributed by atoms with Crippen molar-refractivity contribution in [2.75, 3.05) is 32.2 Å². The maximum Gasteiger partial charge on any atom is 0.224 e. The molecule has 2 aromatic rings. The van der Waals surface area contributed by atoms with Crippen molar-refractivity contribution in [2.24, 2.45) is 0 Å². The Labute approximate surface area is 166 Å². The van der Waals surface area contributed by atoms with E-state index < -0.39 is 0 Å². The topological polar surface area (TPSA) is 67.9 Å². The zero-order valence-corrected chi connectivity index (χ0v) is 17.2. The first kappa shape index (κ1) is 21.3. The van der Waals surface area contributed by atoms with Gasteiger partial charge < -0.3 is 19.7 Å². The zero-order valence-electron chi connectivity index (χ0n) is 17.2. The van der Waals surface area contributed by atoms with Crippen molar-refractivity contribution in [3.8, 4) is 11.5 Å². The van der Waals surface area contributed by atoms with Gasteiger partial charge in [-0.15, -0.1) is 0 Å². The number of nitrogens with one attached hydrogen (secondary N) is 1. The molecule has 0 bridgehead atoms. The van der Waals surface area contributed by atoms with Crippen LogP contribution in [0.5, 0.6) is 11.5 Å². The van der Waals surface area contributed by atoms with E-state index in [0.29, 0.717) is 24.6 Å². The van der Waals surface area contributed by atoms with Crippen LogP contribution in [0.1, 0.15) is 23.6 Å². The summed E-state index contributed by atoms with van der Waals surface area (Å²) in [6.45, 7) is 6.34. The summed E-state index contributed by atoms with van der Waals surface area (Å²) in [5, 5.41) is 2.88. The lowest BCUT2D eigenvalue weighted by atomic mass is 10.1. The Balaban J connectivity index is 1.96. The maximum atomic E-state index is 12.3. The molecule has 0 aliphatic carbocycles. The van der Waals surface area contributed by atoms with Crippen LogP contribution >= 0.6 is 0 Å². The Kier molecular flexibility index (Phi) is 7.44. The van der Waals surface area contributed by atoms with Gasteiger partial charge in [-0.2, -0.15) is 0 Å². The molecule has 0 atom stereocenters. The van der Waals surface area contributed by atoms with Crippen LogP contribution in [-0.4, -0.2) is 39.1 Å². The smallest absolute Gasteiger partial charge is 0.224 e. The van der Waals surface area contributed by atoms with Crippen LogP contribution in [0, 0.1) is 13.8 Å². The molecule has 0 spiro atoms. The number of rotatable bonds is 8. The Morgan fingerprint density at radius 2 is 1.75 bits per heavy atom. The first-order valence-electron chi connectivity index (χ1n) is 9.19. The van der Waals surface area contributed by atoms with Gasteiger partial charge in [-0.1, -0.05) is 18.2 Å². The van der Waals surface area contributed by atoms with E-state index in [2.05, 4.69) is 5.32 Å². The van der Waals surface area contributed by atoms with Crippen molar-refractivity contribution in [2.45, 2.75) is 27.2 Å². The molecular formula is C22H28N2O4. The second kappa shape index (κ2) is 9.78. The van der Waals surface area contributed by atoms with Gasteiger partial charge in [0.25, 0.3) is 0 Å². The lowest BCUT2D eigenvalue weighted by Gasteiger charge is -2.24. The predicted octanol–water partition coefficient (Wildman–Crippen LogP) is 3.03. The van der Waals surface area contributed by atoms with E-state index in [0.717, 1.165) is 22.4 Å². The molecular weight excluding hydrogens is 356 g/mol. The van der Waals surface area contributed by atoms with Crippen molar-refractivity contribution < 1.29 is 19.1 Å². The summed E-state index contributed by atoms with van der Waals surface area (Å²) < 4.78 is 10.5.